The second-order valence-corrected chi connectivity index (χ2v) is 7.48. The summed E-state index contributed by atoms with van der Waals surface area (Å²) < 4.78 is 21.7. The number of carbonyl (C=O) groups is 1. The highest BCUT2D eigenvalue weighted by atomic mass is 19.1. The predicted molar refractivity (Wildman–Crippen MR) is 101 cm³/mol. The van der Waals surface area contributed by atoms with E-state index in [0.717, 1.165) is 0 Å². The first kappa shape index (κ1) is 17.8. The fourth-order valence-corrected chi connectivity index (χ4v) is 4.25. The van der Waals surface area contributed by atoms with E-state index in [4.69, 9.17) is 4.74 Å². The molecular weight excluding hydrogens is 379 g/mol. The summed E-state index contributed by atoms with van der Waals surface area (Å²) >= 11 is 0. The first-order valence-corrected chi connectivity index (χ1v) is 9.25. The van der Waals surface area contributed by atoms with E-state index in [1.807, 2.05) is 0 Å². The van der Waals surface area contributed by atoms with Crippen LogP contribution in [0.4, 0.5) is 4.39 Å². The maximum atomic E-state index is 15.3. The van der Waals surface area contributed by atoms with E-state index in [1.165, 1.54) is 16.7 Å². The van der Waals surface area contributed by atoms with Crippen molar-refractivity contribution in [2.24, 2.45) is 0 Å². The second-order valence-electron chi connectivity index (χ2n) is 7.48. The Morgan fingerprint density at radius 3 is 2.79 bits per heavy atom. The number of hydrogen-bond acceptors (Lipinski definition) is 6. The van der Waals surface area contributed by atoms with Crippen molar-refractivity contribution in [3.63, 3.8) is 0 Å². The Bertz CT molecular complexity index is 1310. The molecule has 0 saturated heterocycles. The van der Waals surface area contributed by atoms with E-state index < -0.39 is 22.9 Å². The number of fused-ring (bicyclic) bond motifs is 5. The number of phenols is 1. The number of aromatic nitrogens is 2. The van der Waals surface area contributed by atoms with E-state index >= 15 is 4.39 Å². The molecule has 0 saturated carbocycles. The number of carbonyl (C=O) groups excluding carboxylic acids is 1. The van der Waals surface area contributed by atoms with Crippen molar-refractivity contribution in [2.75, 3.05) is 0 Å². The number of rotatable bonds is 1. The summed E-state index contributed by atoms with van der Waals surface area (Å²) in [4.78, 5) is 29.8. The number of aromatic hydroxyl groups is 1. The van der Waals surface area contributed by atoms with Gasteiger partial charge in [0.25, 0.3) is 5.56 Å². The molecule has 3 aromatic rings. The van der Waals surface area contributed by atoms with Gasteiger partial charge in [0.15, 0.2) is 5.60 Å². The van der Waals surface area contributed by atoms with Gasteiger partial charge in [0.05, 0.1) is 34.4 Å². The Kier molecular flexibility index (Phi) is 3.46. The number of hydrogen-bond donors (Lipinski definition) is 2. The van der Waals surface area contributed by atoms with Gasteiger partial charge in [0.2, 0.25) is 0 Å². The summed E-state index contributed by atoms with van der Waals surface area (Å²) in [7, 11) is 0. The molecule has 1 atom stereocenters. The number of aliphatic hydroxyl groups is 1. The minimum Gasteiger partial charge on any atom is -0.507 e. The molecule has 5 rings (SSSR count). The molecule has 0 amide bonds. The van der Waals surface area contributed by atoms with Gasteiger partial charge in [-0.15, -0.1) is 0 Å². The number of esters is 1. The van der Waals surface area contributed by atoms with Gasteiger partial charge in [-0.05, 0) is 31.0 Å². The Morgan fingerprint density at radius 2 is 2.07 bits per heavy atom. The van der Waals surface area contributed by atoms with Crippen molar-refractivity contribution in [3.05, 3.63) is 56.6 Å². The van der Waals surface area contributed by atoms with Crippen molar-refractivity contribution in [1.82, 2.24) is 9.55 Å². The number of nitrogens with zero attached hydrogens (tertiary/aromatic N) is 2. The highest BCUT2D eigenvalue weighted by Crippen LogP contribution is 2.41. The van der Waals surface area contributed by atoms with Crippen LogP contribution in [0.5, 0.6) is 5.75 Å². The normalized spacial score (nSPS) is 19.7. The largest absolute Gasteiger partial charge is 0.507 e. The lowest BCUT2D eigenvalue weighted by Gasteiger charge is -2.31. The first-order valence-electron chi connectivity index (χ1n) is 9.25. The molecule has 1 aromatic carbocycles. The predicted octanol–water partition coefficient (Wildman–Crippen LogP) is 2.23. The van der Waals surface area contributed by atoms with Crippen LogP contribution in [0.3, 0.4) is 0 Å². The molecule has 148 valence electrons. The third kappa shape index (κ3) is 2.12. The molecular formula is C21H17FN2O5. The Morgan fingerprint density at radius 1 is 1.31 bits per heavy atom. The standard InChI is InChI=1S/C21H17FN2O5/c1-3-21(28)12-6-13-18-10(7-24(13)19(26)11(12)8-29-20(21)27)16(22)15-14(25)5-4-9(2)17(15)23-18/h4-6,25,28H,3,7-8H2,1-2H3/t21-/m0/s1. The molecule has 0 radical (unpaired) electrons. The molecule has 0 bridgehead atoms. The monoisotopic (exact) mass is 396 g/mol. The van der Waals surface area contributed by atoms with E-state index in [1.54, 1.807) is 19.9 Å². The summed E-state index contributed by atoms with van der Waals surface area (Å²) in [6.07, 6.45) is 0.0288. The summed E-state index contributed by atoms with van der Waals surface area (Å²) in [5.74, 6) is -1.67. The number of cyclic esters (lactones) is 1. The number of halogens is 1. The van der Waals surface area contributed by atoms with Gasteiger partial charge in [-0.2, -0.15) is 0 Å². The topological polar surface area (TPSA) is 102 Å². The van der Waals surface area contributed by atoms with Gasteiger partial charge in [-0.3, -0.25) is 4.79 Å². The van der Waals surface area contributed by atoms with Crippen LogP contribution in [0.2, 0.25) is 0 Å². The SMILES string of the molecule is CC[C@@]1(O)C(=O)OCc2c1cc1n(c2=O)Cc2c-1nc1c(C)ccc(O)c1c2F. The van der Waals surface area contributed by atoms with Crippen molar-refractivity contribution in [3.8, 4) is 17.1 Å². The van der Waals surface area contributed by atoms with Gasteiger partial charge < -0.3 is 19.5 Å². The first-order chi connectivity index (χ1) is 13.8. The smallest absolute Gasteiger partial charge is 0.343 e. The summed E-state index contributed by atoms with van der Waals surface area (Å²) in [6, 6.07) is 4.58. The molecule has 0 spiro atoms. The van der Waals surface area contributed by atoms with Crippen LogP contribution in [0.25, 0.3) is 22.3 Å². The number of benzene rings is 1. The minimum absolute atomic E-state index is 0.0120. The molecule has 2 aromatic heterocycles. The highest BCUT2D eigenvalue weighted by molar-refractivity contribution is 5.92. The average molecular weight is 396 g/mol. The highest BCUT2D eigenvalue weighted by Gasteiger charge is 2.45. The second kappa shape index (κ2) is 5.64. The van der Waals surface area contributed by atoms with E-state index in [2.05, 4.69) is 4.98 Å². The zero-order chi connectivity index (χ0) is 20.7. The quantitative estimate of drug-likeness (QED) is 0.479. The van der Waals surface area contributed by atoms with Gasteiger partial charge >= 0.3 is 5.97 Å². The Balaban J connectivity index is 1.86. The lowest BCUT2D eigenvalue weighted by Crippen LogP contribution is -2.44. The summed E-state index contributed by atoms with van der Waals surface area (Å²) in [5, 5.41) is 21.0. The van der Waals surface area contributed by atoms with Crippen LogP contribution in [0.15, 0.2) is 23.0 Å². The number of ether oxygens (including phenoxy) is 1. The van der Waals surface area contributed by atoms with Gasteiger partial charge in [0, 0.05) is 11.1 Å². The average Bonchev–Trinajstić information content (AvgIpc) is 3.08. The van der Waals surface area contributed by atoms with Crippen LogP contribution in [0, 0.1) is 12.7 Å². The number of aryl methyl sites for hydroxylation is 1. The zero-order valence-corrected chi connectivity index (χ0v) is 15.7. The van der Waals surface area contributed by atoms with E-state index in [-0.39, 0.29) is 53.1 Å². The molecule has 2 aliphatic rings. The van der Waals surface area contributed by atoms with Gasteiger partial charge in [-0.25, -0.2) is 14.2 Å². The fraction of sp³-hybridized carbons (Fsp3) is 0.286. The van der Waals surface area contributed by atoms with Crippen LogP contribution in [-0.2, 0) is 28.3 Å². The number of phenolic OH excluding ortho intramolecular Hbond substituents is 1. The van der Waals surface area contributed by atoms with Crippen molar-refractivity contribution in [1.29, 1.82) is 0 Å². The van der Waals surface area contributed by atoms with Gasteiger partial charge in [-0.1, -0.05) is 13.0 Å². The van der Waals surface area contributed by atoms with Crippen LogP contribution < -0.4 is 5.56 Å². The maximum absolute atomic E-state index is 15.3. The molecule has 2 N–H and O–H groups in total. The number of pyridine rings is 2. The molecule has 2 aliphatic heterocycles. The Hall–Kier alpha value is -3.26. The third-order valence-electron chi connectivity index (χ3n) is 5.95. The molecule has 8 heteroatoms. The molecule has 0 aliphatic carbocycles. The minimum atomic E-state index is -1.94. The van der Waals surface area contributed by atoms with E-state index in [0.29, 0.717) is 16.8 Å². The van der Waals surface area contributed by atoms with Crippen LogP contribution in [0.1, 0.15) is 35.6 Å². The summed E-state index contributed by atoms with van der Waals surface area (Å²) in [6.45, 7) is 3.06. The van der Waals surface area contributed by atoms with Crippen LogP contribution in [-0.4, -0.2) is 25.7 Å². The Labute approximate surface area is 164 Å². The van der Waals surface area contributed by atoms with Crippen molar-refractivity contribution in [2.45, 2.75) is 39.0 Å². The molecule has 4 heterocycles. The van der Waals surface area contributed by atoms with E-state index in [9.17, 15) is 19.8 Å². The van der Waals surface area contributed by atoms with Crippen molar-refractivity contribution >= 4 is 16.9 Å². The van der Waals surface area contributed by atoms with Crippen LogP contribution >= 0.6 is 0 Å². The van der Waals surface area contributed by atoms with Gasteiger partial charge in [0.1, 0.15) is 18.2 Å². The fourth-order valence-electron chi connectivity index (χ4n) is 4.25. The molecule has 0 fully saturated rings. The molecule has 7 nitrogen and oxygen atoms in total. The maximum Gasteiger partial charge on any atom is 0.343 e. The van der Waals surface area contributed by atoms with Crippen molar-refractivity contribution < 1.29 is 24.1 Å². The molecule has 0 unspecified atom stereocenters. The lowest BCUT2D eigenvalue weighted by molar-refractivity contribution is -0.172. The zero-order valence-electron chi connectivity index (χ0n) is 15.7. The summed E-state index contributed by atoms with van der Waals surface area (Å²) in [5.41, 5.74) is -0.296. The molecule has 29 heavy (non-hydrogen) atoms. The third-order valence-corrected chi connectivity index (χ3v) is 5.95. The lowest BCUT2D eigenvalue weighted by atomic mass is 9.86.